The van der Waals surface area contributed by atoms with Gasteiger partial charge in [0.05, 0.1) is 27.7 Å². The van der Waals surface area contributed by atoms with Crippen molar-refractivity contribution in [2.75, 3.05) is 11.5 Å². The summed E-state index contributed by atoms with van der Waals surface area (Å²) in [5.74, 6) is -0.858. The number of nitrogens with zero attached hydrogens (tertiary/aromatic N) is 4. The summed E-state index contributed by atoms with van der Waals surface area (Å²) in [6.07, 6.45) is 1.62. The van der Waals surface area contributed by atoms with Crippen LogP contribution in [0.15, 0.2) is 60.1 Å². The molecule has 0 atom stereocenters. The number of aryl methyl sites for hydroxylation is 1. The van der Waals surface area contributed by atoms with Gasteiger partial charge in [-0.1, -0.05) is 24.3 Å². The maximum atomic E-state index is 13.1. The van der Waals surface area contributed by atoms with Crippen molar-refractivity contribution in [2.24, 2.45) is 0 Å². The number of fused-ring (bicyclic) bond motifs is 1. The van der Waals surface area contributed by atoms with Gasteiger partial charge in [0.2, 0.25) is 0 Å². The molecular formula is C24H24N4O3S. The van der Waals surface area contributed by atoms with Crippen molar-refractivity contribution in [3.8, 4) is 10.6 Å². The molecule has 0 fully saturated rings. The van der Waals surface area contributed by atoms with Crippen LogP contribution in [0.5, 0.6) is 0 Å². The van der Waals surface area contributed by atoms with Crippen LogP contribution < -0.4 is 4.90 Å². The molecule has 0 radical (unpaired) electrons. The van der Waals surface area contributed by atoms with Gasteiger partial charge in [-0.05, 0) is 50.4 Å². The Morgan fingerprint density at radius 2 is 1.94 bits per heavy atom. The fraction of sp³-hybridized carbons (Fsp3) is 0.250. The van der Waals surface area contributed by atoms with Gasteiger partial charge in [-0.15, -0.1) is 11.3 Å². The summed E-state index contributed by atoms with van der Waals surface area (Å²) in [5.41, 5.74) is 2.40. The number of pyridine rings is 1. The fourth-order valence-corrected chi connectivity index (χ4v) is 4.28. The van der Waals surface area contributed by atoms with Crippen LogP contribution in [0.25, 0.3) is 21.6 Å². The highest BCUT2D eigenvalue weighted by molar-refractivity contribution is 7.13. The highest BCUT2D eigenvalue weighted by Crippen LogP contribution is 2.28. The van der Waals surface area contributed by atoms with Crippen LogP contribution in [-0.4, -0.2) is 39.3 Å². The van der Waals surface area contributed by atoms with Gasteiger partial charge < -0.3 is 9.64 Å². The van der Waals surface area contributed by atoms with Crippen LogP contribution in [0, 0.1) is 0 Å². The fourth-order valence-electron chi connectivity index (χ4n) is 3.59. The van der Waals surface area contributed by atoms with E-state index in [4.69, 9.17) is 9.72 Å². The van der Waals surface area contributed by atoms with E-state index in [-0.39, 0.29) is 18.6 Å². The number of hydrogen-bond donors (Lipinski definition) is 0. The Kier molecular flexibility index (Phi) is 6.32. The lowest BCUT2D eigenvalue weighted by atomic mass is 10.1. The van der Waals surface area contributed by atoms with Gasteiger partial charge in [-0.25, -0.2) is 14.5 Å². The van der Waals surface area contributed by atoms with Crippen molar-refractivity contribution in [3.05, 3.63) is 65.7 Å². The van der Waals surface area contributed by atoms with E-state index in [1.54, 1.807) is 21.8 Å². The summed E-state index contributed by atoms with van der Waals surface area (Å²) in [5, 5.41) is 6.90. The first-order valence-corrected chi connectivity index (χ1v) is 11.3. The van der Waals surface area contributed by atoms with Crippen LogP contribution in [0.2, 0.25) is 0 Å². The topological polar surface area (TPSA) is 77.3 Å². The number of aromatic nitrogens is 3. The van der Waals surface area contributed by atoms with Crippen LogP contribution >= 0.6 is 11.3 Å². The number of esters is 1. The number of thiophene rings is 1. The molecule has 7 nitrogen and oxygen atoms in total. The number of anilines is 1. The van der Waals surface area contributed by atoms with E-state index in [9.17, 15) is 9.59 Å². The van der Waals surface area contributed by atoms with Crippen LogP contribution in [0.4, 0.5) is 5.69 Å². The normalized spacial score (nSPS) is 11.1. The molecule has 3 heterocycles. The zero-order chi connectivity index (χ0) is 22.7. The minimum atomic E-state index is -0.573. The number of amides is 1. The highest BCUT2D eigenvalue weighted by Gasteiger charge is 2.23. The molecule has 4 aromatic rings. The third-order valence-electron chi connectivity index (χ3n) is 5.05. The molecule has 0 saturated carbocycles. The minimum absolute atomic E-state index is 0.0792. The quantitative estimate of drug-likeness (QED) is 0.380. The van der Waals surface area contributed by atoms with Gasteiger partial charge in [0, 0.05) is 18.3 Å². The zero-order valence-corrected chi connectivity index (χ0v) is 19.0. The number of hydrogen-bond acceptors (Lipinski definition) is 6. The molecule has 0 aliphatic rings. The molecule has 0 N–H and O–H groups in total. The van der Waals surface area contributed by atoms with Crippen molar-refractivity contribution < 1.29 is 14.3 Å². The SMILES string of the molecule is CCn1ncc2c(C(=O)OCC(=O)N(c3ccccc3)C(C)C)cc(-c3cccs3)nc21. The first-order chi connectivity index (χ1) is 15.5. The summed E-state index contributed by atoms with van der Waals surface area (Å²) in [7, 11) is 0. The molecular weight excluding hydrogens is 424 g/mol. The Balaban J connectivity index is 1.61. The maximum Gasteiger partial charge on any atom is 0.339 e. The Labute approximate surface area is 190 Å². The third-order valence-corrected chi connectivity index (χ3v) is 5.94. The smallest absolute Gasteiger partial charge is 0.339 e. The zero-order valence-electron chi connectivity index (χ0n) is 18.2. The summed E-state index contributed by atoms with van der Waals surface area (Å²) < 4.78 is 7.21. The number of rotatable bonds is 7. The number of para-hydroxylation sites is 1. The predicted molar refractivity (Wildman–Crippen MR) is 126 cm³/mol. The highest BCUT2D eigenvalue weighted by atomic mass is 32.1. The minimum Gasteiger partial charge on any atom is -0.452 e. The molecule has 0 spiro atoms. The second-order valence-corrected chi connectivity index (χ2v) is 8.45. The van der Waals surface area contributed by atoms with Crippen LogP contribution in [0.3, 0.4) is 0 Å². The third kappa shape index (κ3) is 4.27. The Morgan fingerprint density at radius 1 is 1.16 bits per heavy atom. The molecule has 0 saturated heterocycles. The number of ether oxygens (including phenoxy) is 1. The lowest BCUT2D eigenvalue weighted by molar-refractivity contribution is -0.122. The van der Waals surface area contributed by atoms with E-state index in [1.807, 2.05) is 68.6 Å². The van der Waals surface area contributed by atoms with E-state index in [0.717, 1.165) is 10.6 Å². The van der Waals surface area contributed by atoms with Crippen molar-refractivity contribution in [2.45, 2.75) is 33.4 Å². The van der Waals surface area contributed by atoms with Crippen molar-refractivity contribution in [1.82, 2.24) is 14.8 Å². The molecule has 1 aromatic carbocycles. The molecule has 32 heavy (non-hydrogen) atoms. The number of benzene rings is 1. The predicted octanol–water partition coefficient (Wildman–Crippen LogP) is 4.78. The average Bonchev–Trinajstić information content (AvgIpc) is 3.47. The Hall–Kier alpha value is -3.52. The van der Waals surface area contributed by atoms with Crippen LogP contribution in [0.1, 0.15) is 31.1 Å². The van der Waals surface area contributed by atoms with Gasteiger partial charge in [0.1, 0.15) is 0 Å². The maximum absolute atomic E-state index is 13.1. The molecule has 3 aromatic heterocycles. The number of carbonyl (C=O) groups is 2. The monoisotopic (exact) mass is 448 g/mol. The summed E-state index contributed by atoms with van der Waals surface area (Å²) in [6, 6.07) is 14.9. The lowest BCUT2D eigenvalue weighted by Gasteiger charge is -2.26. The first-order valence-electron chi connectivity index (χ1n) is 10.4. The Morgan fingerprint density at radius 3 is 2.59 bits per heavy atom. The van der Waals surface area contributed by atoms with Crippen LogP contribution in [-0.2, 0) is 16.1 Å². The van der Waals surface area contributed by atoms with Gasteiger partial charge in [-0.2, -0.15) is 5.10 Å². The van der Waals surface area contributed by atoms with Gasteiger partial charge in [0.15, 0.2) is 12.3 Å². The summed E-state index contributed by atoms with van der Waals surface area (Å²) >= 11 is 1.54. The molecule has 8 heteroatoms. The lowest BCUT2D eigenvalue weighted by Crippen LogP contribution is -2.39. The van der Waals surface area contributed by atoms with Gasteiger partial charge in [-0.3, -0.25) is 4.79 Å². The molecule has 1 amide bonds. The largest absolute Gasteiger partial charge is 0.452 e. The second kappa shape index (κ2) is 9.32. The van der Waals surface area contributed by atoms with Crippen molar-refractivity contribution in [3.63, 3.8) is 0 Å². The average molecular weight is 449 g/mol. The molecule has 0 bridgehead atoms. The van der Waals surface area contributed by atoms with Gasteiger partial charge in [0.25, 0.3) is 5.91 Å². The first kappa shape index (κ1) is 21.7. The van der Waals surface area contributed by atoms with E-state index < -0.39 is 5.97 Å². The van der Waals surface area contributed by atoms with Gasteiger partial charge >= 0.3 is 5.97 Å². The van der Waals surface area contributed by atoms with Crippen molar-refractivity contribution in [1.29, 1.82) is 0 Å². The molecule has 164 valence electrons. The Bertz CT molecular complexity index is 1230. The molecule has 0 unspecified atom stereocenters. The van der Waals surface area contributed by atoms with E-state index in [0.29, 0.717) is 28.8 Å². The van der Waals surface area contributed by atoms with Crippen molar-refractivity contribution >= 4 is 39.9 Å². The standard InChI is InChI=1S/C24H24N4O3S/c1-4-27-23-19(14-25-27)18(13-20(26-23)21-11-8-12-32-21)24(30)31-15-22(29)28(16(2)3)17-9-6-5-7-10-17/h5-14,16H,4,15H2,1-3H3. The summed E-state index contributed by atoms with van der Waals surface area (Å²) in [4.78, 5) is 33.2. The van der Waals surface area contributed by atoms with E-state index in [2.05, 4.69) is 5.10 Å². The molecule has 0 aliphatic carbocycles. The summed E-state index contributed by atoms with van der Waals surface area (Å²) in [6.45, 7) is 6.08. The van der Waals surface area contributed by atoms with E-state index in [1.165, 1.54) is 11.3 Å². The van der Waals surface area contributed by atoms with E-state index >= 15 is 0 Å². The molecule has 0 aliphatic heterocycles. The second-order valence-electron chi connectivity index (χ2n) is 7.50. The number of carbonyl (C=O) groups excluding carboxylic acids is 2. The molecule has 4 rings (SSSR count).